The van der Waals surface area contributed by atoms with E-state index >= 15 is 0 Å². The molecule has 3 nitrogen and oxygen atoms in total. The van der Waals surface area contributed by atoms with Crippen molar-refractivity contribution < 1.29 is 4.43 Å². The normalized spacial score (nSPS) is 24.0. The number of likely N-dealkylation sites (N-methyl/N-ethyl adjacent to an activating group) is 1. The van der Waals surface area contributed by atoms with E-state index in [0.29, 0.717) is 11.1 Å². The number of piperazine rings is 1. The molecule has 1 fully saturated rings. The van der Waals surface area contributed by atoms with Gasteiger partial charge in [0.25, 0.3) is 0 Å². The third-order valence-corrected chi connectivity index (χ3v) is 8.82. The lowest BCUT2D eigenvalue weighted by molar-refractivity contribution is 0.110. The van der Waals surface area contributed by atoms with Gasteiger partial charge in [0.15, 0.2) is 8.32 Å². The van der Waals surface area contributed by atoms with E-state index in [4.69, 9.17) is 4.43 Å². The summed E-state index contributed by atoms with van der Waals surface area (Å²) in [6.45, 7) is 19.2. The Morgan fingerprint density at radius 2 is 2.00 bits per heavy atom. The van der Waals surface area contributed by atoms with Gasteiger partial charge in [0, 0.05) is 25.7 Å². The maximum absolute atomic E-state index is 6.32. The smallest absolute Gasteiger partial charge is 0.192 e. The molecule has 1 atom stereocenters. The van der Waals surface area contributed by atoms with E-state index in [1.165, 1.54) is 0 Å². The van der Waals surface area contributed by atoms with Crippen molar-refractivity contribution in [2.45, 2.75) is 51.9 Å². The van der Waals surface area contributed by atoms with Gasteiger partial charge in [-0.15, -0.1) is 0 Å². The summed E-state index contributed by atoms with van der Waals surface area (Å²) in [6.07, 6.45) is 0. The number of hydrogen-bond acceptors (Lipinski definition) is 3. The molecule has 1 rings (SSSR count). The van der Waals surface area contributed by atoms with Gasteiger partial charge in [-0.05, 0) is 24.7 Å². The summed E-state index contributed by atoms with van der Waals surface area (Å²) in [5.74, 6) is 0. The molecule has 0 amide bonds. The maximum atomic E-state index is 6.32. The second kappa shape index (κ2) is 5.82. The van der Waals surface area contributed by atoms with Crippen LogP contribution >= 0.6 is 0 Å². The number of nitrogens with zero attached hydrogens (tertiary/aromatic N) is 1. The molecule has 1 heterocycles. The Morgan fingerprint density at radius 1 is 1.35 bits per heavy atom. The zero-order valence-corrected chi connectivity index (χ0v) is 13.5. The predicted octanol–water partition coefficient (Wildman–Crippen LogP) is 2.30. The minimum absolute atomic E-state index is 0.312. The molecule has 0 saturated carbocycles. The molecule has 102 valence electrons. The summed E-state index contributed by atoms with van der Waals surface area (Å²) >= 11 is 0. The first-order valence-electron chi connectivity index (χ1n) is 6.86. The Labute approximate surface area is 108 Å². The maximum Gasteiger partial charge on any atom is 0.192 e. The van der Waals surface area contributed by atoms with Gasteiger partial charge in [-0.1, -0.05) is 27.7 Å². The van der Waals surface area contributed by atoms with Crippen LogP contribution in [0.2, 0.25) is 18.1 Å². The molecule has 1 aliphatic heterocycles. The second-order valence-corrected chi connectivity index (χ2v) is 11.4. The van der Waals surface area contributed by atoms with Crippen LogP contribution in [0.1, 0.15) is 27.7 Å². The first kappa shape index (κ1) is 15.2. The van der Waals surface area contributed by atoms with Crippen molar-refractivity contribution in [3.63, 3.8) is 0 Å². The number of hydrogen-bond donors (Lipinski definition) is 1. The van der Waals surface area contributed by atoms with Crippen LogP contribution in [-0.4, -0.2) is 52.0 Å². The highest BCUT2D eigenvalue weighted by Crippen LogP contribution is 2.36. The van der Waals surface area contributed by atoms with E-state index < -0.39 is 8.32 Å². The lowest BCUT2D eigenvalue weighted by Gasteiger charge is -2.40. The Bertz CT molecular complexity index is 238. The summed E-state index contributed by atoms with van der Waals surface area (Å²) in [5.41, 5.74) is 0. The average molecular weight is 258 g/mol. The summed E-state index contributed by atoms with van der Waals surface area (Å²) in [5, 5.41) is 3.78. The first-order chi connectivity index (χ1) is 7.78. The molecular formula is C13H30N2OSi. The molecule has 0 aromatic rings. The van der Waals surface area contributed by atoms with E-state index in [-0.39, 0.29) is 0 Å². The molecular weight excluding hydrogens is 228 g/mol. The fourth-order valence-electron chi connectivity index (χ4n) is 1.90. The molecule has 0 radical (unpaired) electrons. The van der Waals surface area contributed by atoms with Crippen molar-refractivity contribution in [3.8, 4) is 0 Å². The zero-order valence-electron chi connectivity index (χ0n) is 12.5. The van der Waals surface area contributed by atoms with Crippen LogP contribution in [0.3, 0.4) is 0 Å². The zero-order chi connectivity index (χ0) is 13.1. The van der Waals surface area contributed by atoms with Crippen LogP contribution in [0.4, 0.5) is 0 Å². The standard InChI is InChI=1S/C13H30N2OSi/c1-7-15-9-8-14-10-12(15)11-16-17(5,6)13(2,3)4/h12,14H,7-11H2,1-6H3/t12-/m1/s1. The van der Waals surface area contributed by atoms with Crippen molar-refractivity contribution in [2.24, 2.45) is 0 Å². The molecule has 4 heteroatoms. The van der Waals surface area contributed by atoms with E-state index in [1.807, 2.05) is 0 Å². The van der Waals surface area contributed by atoms with Crippen molar-refractivity contribution in [2.75, 3.05) is 32.8 Å². The Hall–Kier alpha value is 0.0969. The van der Waals surface area contributed by atoms with Crippen LogP contribution in [0.25, 0.3) is 0 Å². The van der Waals surface area contributed by atoms with Crippen LogP contribution < -0.4 is 5.32 Å². The van der Waals surface area contributed by atoms with E-state index in [1.54, 1.807) is 0 Å². The molecule has 17 heavy (non-hydrogen) atoms. The fraction of sp³-hybridized carbons (Fsp3) is 1.00. The SMILES string of the molecule is CCN1CCNC[C@@H]1CO[Si](C)(C)C(C)(C)C. The van der Waals surface area contributed by atoms with Crippen molar-refractivity contribution in [1.82, 2.24) is 10.2 Å². The lowest BCUT2D eigenvalue weighted by Crippen LogP contribution is -2.55. The van der Waals surface area contributed by atoms with Gasteiger partial charge in [0.1, 0.15) is 0 Å². The quantitative estimate of drug-likeness (QED) is 0.783. The number of nitrogens with one attached hydrogen (secondary N) is 1. The molecule has 0 unspecified atom stereocenters. The topological polar surface area (TPSA) is 24.5 Å². The summed E-state index contributed by atoms with van der Waals surface area (Å²) in [6, 6.07) is 0.558. The Balaban J connectivity index is 2.49. The minimum Gasteiger partial charge on any atom is -0.415 e. The molecule has 0 spiro atoms. The van der Waals surface area contributed by atoms with Gasteiger partial charge in [-0.2, -0.15) is 0 Å². The van der Waals surface area contributed by atoms with Gasteiger partial charge >= 0.3 is 0 Å². The third-order valence-electron chi connectivity index (χ3n) is 4.32. The third kappa shape index (κ3) is 4.05. The highest BCUT2D eigenvalue weighted by Gasteiger charge is 2.38. The second-order valence-electron chi connectivity index (χ2n) is 6.56. The van der Waals surface area contributed by atoms with Gasteiger partial charge in [0.2, 0.25) is 0 Å². The van der Waals surface area contributed by atoms with E-state index in [2.05, 4.69) is 51.0 Å². The first-order valence-corrected chi connectivity index (χ1v) is 9.77. The summed E-state index contributed by atoms with van der Waals surface area (Å²) in [4.78, 5) is 2.53. The lowest BCUT2D eigenvalue weighted by atomic mass is 10.2. The van der Waals surface area contributed by atoms with Crippen LogP contribution in [0, 0.1) is 0 Å². The van der Waals surface area contributed by atoms with E-state index in [0.717, 1.165) is 32.8 Å². The summed E-state index contributed by atoms with van der Waals surface area (Å²) in [7, 11) is -1.59. The van der Waals surface area contributed by atoms with Crippen molar-refractivity contribution >= 4 is 8.32 Å². The highest BCUT2D eigenvalue weighted by molar-refractivity contribution is 6.74. The van der Waals surface area contributed by atoms with Crippen LogP contribution in [0.5, 0.6) is 0 Å². The van der Waals surface area contributed by atoms with Crippen molar-refractivity contribution in [3.05, 3.63) is 0 Å². The monoisotopic (exact) mass is 258 g/mol. The van der Waals surface area contributed by atoms with Gasteiger partial charge < -0.3 is 9.74 Å². The van der Waals surface area contributed by atoms with Crippen LogP contribution in [0.15, 0.2) is 0 Å². The largest absolute Gasteiger partial charge is 0.415 e. The van der Waals surface area contributed by atoms with Gasteiger partial charge in [-0.25, -0.2) is 0 Å². The van der Waals surface area contributed by atoms with Crippen molar-refractivity contribution in [1.29, 1.82) is 0 Å². The predicted molar refractivity (Wildman–Crippen MR) is 77.1 cm³/mol. The molecule has 1 N–H and O–H groups in total. The average Bonchev–Trinajstić information content (AvgIpc) is 2.25. The molecule has 0 aromatic heterocycles. The summed E-state index contributed by atoms with van der Waals surface area (Å²) < 4.78 is 6.32. The minimum atomic E-state index is -1.59. The van der Waals surface area contributed by atoms with Crippen LogP contribution in [-0.2, 0) is 4.43 Å². The molecule has 0 aliphatic carbocycles. The molecule has 1 saturated heterocycles. The molecule has 1 aliphatic rings. The molecule has 0 aromatic carbocycles. The van der Waals surface area contributed by atoms with Gasteiger partial charge in [0.05, 0.1) is 6.61 Å². The van der Waals surface area contributed by atoms with Gasteiger partial charge in [-0.3, -0.25) is 4.90 Å². The molecule has 0 bridgehead atoms. The highest BCUT2D eigenvalue weighted by atomic mass is 28.4. The van der Waals surface area contributed by atoms with E-state index in [9.17, 15) is 0 Å². The fourth-order valence-corrected chi connectivity index (χ4v) is 2.95. The Kier molecular flexibility index (Phi) is 5.19. The number of rotatable bonds is 4. The Morgan fingerprint density at radius 3 is 2.53 bits per heavy atom.